The Morgan fingerprint density at radius 2 is 1.94 bits per heavy atom. The van der Waals surface area contributed by atoms with Crippen LogP contribution in [0.5, 0.6) is 0 Å². The molecule has 0 aromatic carbocycles. The van der Waals surface area contributed by atoms with Gasteiger partial charge in [0, 0.05) is 6.04 Å². The minimum atomic E-state index is 0.495. The maximum Gasteiger partial charge on any atom is 0.00925 e. The molecule has 0 amide bonds. The fraction of sp³-hybridized carbons (Fsp3) is 1.00. The summed E-state index contributed by atoms with van der Waals surface area (Å²) in [4.78, 5) is 0. The van der Waals surface area contributed by atoms with Gasteiger partial charge in [0.05, 0.1) is 0 Å². The standard InChI is InChI=1S/C16H33NS/c1-6-18-11-7-8-13-12-14(16(2,3)4)9-10-15(13)17-5/h13-15,17H,6-12H2,1-5H3. The third-order valence-electron chi connectivity index (χ3n) is 4.65. The molecule has 0 aliphatic heterocycles. The SMILES string of the molecule is CCSCCCC1CC(C(C)(C)C)CCC1NC. The van der Waals surface area contributed by atoms with Crippen molar-refractivity contribution in [2.75, 3.05) is 18.6 Å². The van der Waals surface area contributed by atoms with Crippen LogP contribution < -0.4 is 5.32 Å². The van der Waals surface area contributed by atoms with Crippen molar-refractivity contribution in [3.8, 4) is 0 Å². The first-order valence-electron chi connectivity index (χ1n) is 7.74. The zero-order valence-electron chi connectivity index (χ0n) is 13.1. The normalized spacial score (nSPS) is 29.5. The molecule has 108 valence electrons. The molecule has 1 aliphatic rings. The first kappa shape index (κ1) is 16.4. The van der Waals surface area contributed by atoms with Crippen molar-refractivity contribution in [3.63, 3.8) is 0 Å². The molecule has 0 bridgehead atoms. The van der Waals surface area contributed by atoms with Crippen LogP contribution in [0, 0.1) is 17.3 Å². The van der Waals surface area contributed by atoms with Gasteiger partial charge < -0.3 is 5.32 Å². The van der Waals surface area contributed by atoms with E-state index in [0.29, 0.717) is 5.41 Å². The van der Waals surface area contributed by atoms with Crippen molar-refractivity contribution >= 4 is 11.8 Å². The van der Waals surface area contributed by atoms with Crippen LogP contribution in [-0.4, -0.2) is 24.6 Å². The van der Waals surface area contributed by atoms with Crippen LogP contribution in [0.15, 0.2) is 0 Å². The molecule has 1 N–H and O–H groups in total. The molecular weight excluding hydrogens is 238 g/mol. The maximum absolute atomic E-state index is 3.56. The lowest BCUT2D eigenvalue weighted by Gasteiger charge is -2.42. The topological polar surface area (TPSA) is 12.0 Å². The van der Waals surface area contributed by atoms with Crippen LogP contribution in [0.3, 0.4) is 0 Å². The van der Waals surface area contributed by atoms with Crippen LogP contribution in [0.25, 0.3) is 0 Å². The Hall–Kier alpha value is 0.310. The van der Waals surface area contributed by atoms with Gasteiger partial charge in [-0.05, 0) is 67.9 Å². The van der Waals surface area contributed by atoms with E-state index in [1.54, 1.807) is 0 Å². The fourth-order valence-electron chi connectivity index (χ4n) is 3.34. The molecule has 1 fully saturated rings. The van der Waals surface area contributed by atoms with E-state index in [0.717, 1.165) is 17.9 Å². The molecule has 0 spiro atoms. The number of rotatable bonds is 6. The van der Waals surface area contributed by atoms with Gasteiger partial charge in [-0.3, -0.25) is 0 Å². The Kier molecular flexibility index (Phi) is 7.08. The highest BCUT2D eigenvalue weighted by Gasteiger charge is 2.34. The molecule has 18 heavy (non-hydrogen) atoms. The monoisotopic (exact) mass is 271 g/mol. The summed E-state index contributed by atoms with van der Waals surface area (Å²) in [7, 11) is 2.15. The summed E-state index contributed by atoms with van der Waals surface area (Å²) in [6.07, 6.45) is 7.05. The Bertz CT molecular complexity index is 222. The van der Waals surface area contributed by atoms with Gasteiger partial charge in [-0.25, -0.2) is 0 Å². The lowest BCUT2D eigenvalue weighted by Crippen LogP contribution is -2.41. The molecule has 0 heterocycles. The molecular formula is C16H33NS. The third-order valence-corrected chi connectivity index (χ3v) is 5.63. The predicted octanol–water partition coefficient (Wildman–Crippen LogP) is 4.57. The van der Waals surface area contributed by atoms with E-state index in [2.05, 4.69) is 51.8 Å². The molecule has 2 heteroatoms. The van der Waals surface area contributed by atoms with Crippen LogP contribution in [-0.2, 0) is 0 Å². The molecule has 1 rings (SSSR count). The largest absolute Gasteiger partial charge is 0.317 e. The van der Waals surface area contributed by atoms with Gasteiger partial charge in [0.15, 0.2) is 0 Å². The second-order valence-electron chi connectivity index (χ2n) is 6.87. The molecule has 0 saturated heterocycles. The lowest BCUT2D eigenvalue weighted by atomic mass is 9.66. The van der Waals surface area contributed by atoms with Crippen LogP contribution in [0.4, 0.5) is 0 Å². The van der Waals surface area contributed by atoms with Crippen LogP contribution in [0.1, 0.15) is 59.8 Å². The molecule has 1 saturated carbocycles. The molecule has 1 aliphatic carbocycles. The smallest absolute Gasteiger partial charge is 0.00925 e. The quantitative estimate of drug-likeness (QED) is 0.710. The van der Waals surface area contributed by atoms with Crippen molar-refractivity contribution in [1.29, 1.82) is 0 Å². The first-order valence-corrected chi connectivity index (χ1v) is 8.89. The molecule has 1 nitrogen and oxygen atoms in total. The highest BCUT2D eigenvalue weighted by Crippen LogP contribution is 2.41. The van der Waals surface area contributed by atoms with Gasteiger partial charge in [0.2, 0.25) is 0 Å². The lowest BCUT2D eigenvalue weighted by molar-refractivity contribution is 0.112. The fourth-order valence-corrected chi connectivity index (χ4v) is 4.00. The molecule has 3 unspecified atom stereocenters. The van der Waals surface area contributed by atoms with E-state index < -0.39 is 0 Å². The van der Waals surface area contributed by atoms with Gasteiger partial charge >= 0.3 is 0 Å². The average Bonchev–Trinajstić information content (AvgIpc) is 2.33. The molecule has 3 atom stereocenters. The number of thioether (sulfide) groups is 1. The Morgan fingerprint density at radius 1 is 1.22 bits per heavy atom. The third kappa shape index (κ3) is 5.13. The minimum absolute atomic E-state index is 0.495. The number of hydrogen-bond donors (Lipinski definition) is 1. The summed E-state index contributed by atoms with van der Waals surface area (Å²) in [6.45, 7) is 9.52. The second kappa shape index (κ2) is 7.79. The summed E-state index contributed by atoms with van der Waals surface area (Å²) < 4.78 is 0. The van der Waals surface area contributed by atoms with Crippen molar-refractivity contribution in [3.05, 3.63) is 0 Å². The van der Waals surface area contributed by atoms with Gasteiger partial charge in [0.1, 0.15) is 0 Å². The van der Waals surface area contributed by atoms with E-state index in [1.165, 1.54) is 43.6 Å². The number of hydrogen-bond acceptors (Lipinski definition) is 2. The van der Waals surface area contributed by atoms with E-state index >= 15 is 0 Å². The predicted molar refractivity (Wildman–Crippen MR) is 85.4 cm³/mol. The summed E-state index contributed by atoms with van der Waals surface area (Å²) in [5.74, 6) is 4.45. The van der Waals surface area contributed by atoms with Gasteiger partial charge in [-0.15, -0.1) is 0 Å². The summed E-state index contributed by atoms with van der Waals surface area (Å²) in [5, 5.41) is 3.56. The van der Waals surface area contributed by atoms with E-state index in [-0.39, 0.29) is 0 Å². The zero-order valence-corrected chi connectivity index (χ0v) is 13.9. The highest BCUT2D eigenvalue weighted by atomic mass is 32.2. The minimum Gasteiger partial charge on any atom is -0.317 e. The second-order valence-corrected chi connectivity index (χ2v) is 8.26. The summed E-state index contributed by atoms with van der Waals surface area (Å²) >= 11 is 2.09. The Labute approximate surface area is 119 Å². The van der Waals surface area contributed by atoms with Crippen molar-refractivity contribution in [1.82, 2.24) is 5.32 Å². The van der Waals surface area contributed by atoms with Crippen LogP contribution >= 0.6 is 11.8 Å². The average molecular weight is 272 g/mol. The van der Waals surface area contributed by atoms with E-state index in [9.17, 15) is 0 Å². The zero-order chi connectivity index (χ0) is 13.6. The van der Waals surface area contributed by atoms with Crippen molar-refractivity contribution < 1.29 is 0 Å². The highest BCUT2D eigenvalue weighted by molar-refractivity contribution is 7.99. The van der Waals surface area contributed by atoms with Gasteiger partial charge in [0.25, 0.3) is 0 Å². The summed E-state index contributed by atoms with van der Waals surface area (Å²) in [6, 6.07) is 0.773. The maximum atomic E-state index is 3.56. The number of nitrogens with one attached hydrogen (secondary N) is 1. The van der Waals surface area contributed by atoms with E-state index in [1.807, 2.05) is 0 Å². The van der Waals surface area contributed by atoms with Crippen molar-refractivity contribution in [2.24, 2.45) is 17.3 Å². The first-order chi connectivity index (χ1) is 8.49. The van der Waals surface area contributed by atoms with Crippen LogP contribution in [0.2, 0.25) is 0 Å². The molecule has 0 aromatic heterocycles. The molecule has 0 radical (unpaired) electrons. The Morgan fingerprint density at radius 3 is 2.50 bits per heavy atom. The van der Waals surface area contributed by atoms with Crippen molar-refractivity contribution in [2.45, 2.75) is 65.8 Å². The summed E-state index contributed by atoms with van der Waals surface area (Å²) in [5.41, 5.74) is 0.495. The molecule has 0 aromatic rings. The Balaban J connectivity index is 2.43. The van der Waals surface area contributed by atoms with Gasteiger partial charge in [-0.1, -0.05) is 27.7 Å². The van der Waals surface area contributed by atoms with E-state index in [4.69, 9.17) is 0 Å². The van der Waals surface area contributed by atoms with Gasteiger partial charge in [-0.2, -0.15) is 11.8 Å².